The minimum Gasteiger partial charge on any atom is -0.325 e. The van der Waals surface area contributed by atoms with Gasteiger partial charge in [-0.25, -0.2) is 4.90 Å². The molecule has 3 amide bonds. The number of thioether (sulfide) groups is 1. The van der Waals surface area contributed by atoms with E-state index in [1.165, 1.54) is 21.2 Å². The number of rotatable bonds is 5. The Morgan fingerprint density at radius 3 is 2.31 bits per heavy atom. The minimum absolute atomic E-state index is 0.194. The second-order valence-corrected chi connectivity index (χ2v) is 12.5. The van der Waals surface area contributed by atoms with Gasteiger partial charge in [-0.05, 0) is 48.9 Å². The molecule has 196 valence electrons. The van der Waals surface area contributed by atoms with E-state index in [1.807, 2.05) is 61.5 Å². The van der Waals surface area contributed by atoms with Crippen LogP contribution in [0.25, 0.3) is 0 Å². The zero-order chi connectivity index (χ0) is 27.3. The summed E-state index contributed by atoms with van der Waals surface area (Å²) in [5.74, 6) is -2.12. The molecule has 10 heteroatoms. The van der Waals surface area contributed by atoms with Crippen molar-refractivity contribution in [2.75, 3.05) is 10.2 Å². The van der Waals surface area contributed by atoms with E-state index in [4.69, 9.17) is 0 Å². The summed E-state index contributed by atoms with van der Waals surface area (Å²) in [4.78, 5) is 55.4. The maximum Gasteiger partial charge on any atom is 0.308 e. The lowest BCUT2D eigenvalue weighted by atomic mass is 9.83. The van der Waals surface area contributed by atoms with Gasteiger partial charge >= 0.3 is 4.87 Å². The summed E-state index contributed by atoms with van der Waals surface area (Å²) < 4.78 is 2.31. The van der Waals surface area contributed by atoms with Crippen LogP contribution in [0.5, 0.6) is 0 Å². The summed E-state index contributed by atoms with van der Waals surface area (Å²) in [5.41, 5.74) is 3.07. The van der Waals surface area contributed by atoms with Gasteiger partial charge in [0.15, 0.2) is 0 Å². The molecule has 2 aliphatic heterocycles. The number of imide groups is 1. The molecule has 39 heavy (non-hydrogen) atoms. The molecule has 1 aromatic heterocycles. The second kappa shape index (κ2) is 10.3. The van der Waals surface area contributed by atoms with E-state index < -0.39 is 17.1 Å². The number of amides is 3. The van der Waals surface area contributed by atoms with Gasteiger partial charge in [-0.3, -0.25) is 23.7 Å². The number of fused-ring (bicyclic) bond motifs is 2. The van der Waals surface area contributed by atoms with E-state index in [0.29, 0.717) is 21.3 Å². The number of anilines is 2. The average Bonchev–Trinajstić information content (AvgIpc) is 3.37. The number of halogens is 1. The maximum absolute atomic E-state index is 13.8. The molecule has 0 radical (unpaired) electrons. The predicted octanol–water partition coefficient (Wildman–Crippen LogP) is 5.42. The van der Waals surface area contributed by atoms with Gasteiger partial charge in [0.1, 0.15) is 11.8 Å². The van der Waals surface area contributed by atoms with Gasteiger partial charge in [0, 0.05) is 21.0 Å². The van der Waals surface area contributed by atoms with Crippen molar-refractivity contribution in [2.45, 2.75) is 29.7 Å². The summed E-state index contributed by atoms with van der Waals surface area (Å²) in [7, 11) is 0. The SMILES string of the molecule is Cc1ccc(NC(=O)Cn2c3c(sc2=O)[C@@H](c2ccc(Br)cc2)[C@@H]2C(=O)N(c4ccccc4)C(=O)[C@@H]2S3)cc1. The normalized spacial score (nSPS) is 20.1. The summed E-state index contributed by atoms with van der Waals surface area (Å²) >= 11 is 5.71. The van der Waals surface area contributed by atoms with Crippen LogP contribution in [0.1, 0.15) is 21.9 Å². The molecular weight excluding hydrogens is 598 g/mol. The third-order valence-electron chi connectivity index (χ3n) is 6.93. The molecule has 1 N–H and O–H groups in total. The van der Waals surface area contributed by atoms with Gasteiger partial charge in [0.25, 0.3) is 0 Å². The standard InChI is InChI=1S/C29H22BrN3O4S2/c1-16-7-13-19(14-8-16)31-21(34)15-32-28-25(39-29(32)37)22(17-9-11-18(30)12-10-17)23-24(38-28)27(36)33(26(23)35)20-5-3-2-4-6-20/h2-14,22-24H,15H2,1H3,(H,31,34)/t22-,23-,24+/m0/s1. The van der Waals surface area contributed by atoms with Crippen LogP contribution in [0, 0.1) is 12.8 Å². The Bertz CT molecular complexity index is 1650. The van der Waals surface area contributed by atoms with Crippen molar-refractivity contribution < 1.29 is 14.4 Å². The molecule has 2 aliphatic rings. The van der Waals surface area contributed by atoms with E-state index in [-0.39, 0.29) is 29.1 Å². The number of aryl methyl sites for hydroxylation is 1. The zero-order valence-electron chi connectivity index (χ0n) is 20.7. The molecule has 0 unspecified atom stereocenters. The lowest BCUT2D eigenvalue weighted by molar-refractivity contribution is -0.122. The molecule has 7 nitrogen and oxygen atoms in total. The molecule has 1 saturated heterocycles. The largest absolute Gasteiger partial charge is 0.325 e. The Hall–Kier alpha value is -3.47. The number of para-hydroxylation sites is 1. The van der Waals surface area contributed by atoms with Crippen LogP contribution in [0.2, 0.25) is 0 Å². The van der Waals surface area contributed by atoms with E-state index >= 15 is 0 Å². The maximum atomic E-state index is 13.8. The fourth-order valence-electron chi connectivity index (χ4n) is 5.10. The van der Waals surface area contributed by atoms with Gasteiger partial charge in [-0.15, -0.1) is 0 Å². The second-order valence-electron chi connectivity index (χ2n) is 9.48. The molecule has 3 heterocycles. The first-order chi connectivity index (χ1) is 18.8. The van der Waals surface area contributed by atoms with Crippen molar-refractivity contribution in [2.24, 2.45) is 5.92 Å². The highest BCUT2D eigenvalue weighted by Gasteiger charge is 2.56. The first kappa shape index (κ1) is 25.8. The minimum atomic E-state index is -0.723. The van der Waals surface area contributed by atoms with E-state index in [2.05, 4.69) is 21.2 Å². The third-order valence-corrected chi connectivity index (χ3v) is 10.1. The van der Waals surface area contributed by atoms with Gasteiger partial charge in [-0.2, -0.15) is 0 Å². The lowest BCUT2D eigenvalue weighted by Gasteiger charge is -2.30. The smallest absolute Gasteiger partial charge is 0.308 e. The number of nitrogens with one attached hydrogen (secondary N) is 1. The number of carbonyl (C=O) groups excluding carboxylic acids is 3. The number of thiazole rings is 1. The third kappa shape index (κ3) is 4.66. The first-order valence-corrected chi connectivity index (χ1v) is 14.8. The van der Waals surface area contributed by atoms with Crippen molar-refractivity contribution in [3.63, 3.8) is 0 Å². The summed E-state index contributed by atoms with van der Waals surface area (Å²) in [5, 5.41) is 2.68. The number of carbonyl (C=O) groups is 3. The monoisotopic (exact) mass is 619 g/mol. The van der Waals surface area contributed by atoms with E-state index in [0.717, 1.165) is 26.9 Å². The van der Waals surface area contributed by atoms with Crippen LogP contribution >= 0.6 is 39.0 Å². The highest BCUT2D eigenvalue weighted by Crippen LogP contribution is 2.53. The fourth-order valence-corrected chi connectivity index (χ4v) is 8.13. The molecule has 0 saturated carbocycles. The lowest BCUT2D eigenvalue weighted by Crippen LogP contribution is -2.33. The molecule has 0 spiro atoms. The predicted molar refractivity (Wildman–Crippen MR) is 156 cm³/mol. The zero-order valence-corrected chi connectivity index (χ0v) is 23.9. The molecular formula is C29H22BrN3O4S2. The van der Waals surface area contributed by atoms with Crippen molar-refractivity contribution >= 4 is 68.1 Å². The van der Waals surface area contributed by atoms with Crippen LogP contribution < -0.4 is 15.1 Å². The fraction of sp³-hybridized carbons (Fsp3) is 0.172. The Labute approximate surface area is 241 Å². The van der Waals surface area contributed by atoms with Gasteiger partial charge < -0.3 is 5.32 Å². The Balaban J connectivity index is 1.40. The molecule has 1 fully saturated rings. The van der Waals surface area contributed by atoms with Crippen molar-refractivity contribution in [1.82, 2.24) is 4.57 Å². The van der Waals surface area contributed by atoms with Crippen LogP contribution in [-0.2, 0) is 20.9 Å². The van der Waals surface area contributed by atoms with Crippen LogP contribution in [0.4, 0.5) is 11.4 Å². The van der Waals surface area contributed by atoms with Crippen molar-refractivity contribution in [3.05, 3.63) is 109 Å². The van der Waals surface area contributed by atoms with Crippen molar-refractivity contribution in [1.29, 1.82) is 0 Å². The van der Waals surface area contributed by atoms with Crippen LogP contribution in [0.3, 0.4) is 0 Å². The van der Waals surface area contributed by atoms with Gasteiger partial charge in [-0.1, -0.05) is 87.1 Å². The molecule has 0 aliphatic carbocycles. The number of benzene rings is 3. The van der Waals surface area contributed by atoms with Gasteiger partial charge in [0.05, 0.1) is 16.6 Å². The van der Waals surface area contributed by atoms with Crippen LogP contribution in [0.15, 0.2) is 93.2 Å². The molecule has 0 bridgehead atoms. The number of aromatic nitrogens is 1. The Kier molecular flexibility index (Phi) is 6.78. The molecule has 6 rings (SSSR count). The first-order valence-electron chi connectivity index (χ1n) is 12.3. The number of hydrogen-bond acceptors (Lipinski definition) is 6. The van der Waals surface area contributed by atoms with Crippen molar-refractivity contribution in [3.8, 4) is 0 Å². The quantitative estimate of drug-likeness (QED) is 0.302. The summed E-state index contributed by atoms with van der Waals surface area (Å²) in [6.45, 7) is 1.77. The highest BCUT2D eigenvalue weighted by atomic mass is 79.9. The summed E-state index contributed by atoms with van der Waals surface area (Å²) in [6, 6.07) is 23.9. The highest BCUT2D eigenvalue weighted by molar-refractivity contribution is 9.10. The number of nitrogens with zero attached hydrogens (tertiary/aromatic N) is 2. The Morgan fingerprint density at radius 2 is 1.62 bits per heavy atom. The van der Waals surface area contributed by atoms with Gasteiger partial charge in [0.2, 0.25) is 17.7 Å². The topological polar surface area (TPSA) is 88.5 Å². The Morgan fingerprint density at radius 1 is 0.923 bits per heavy atom. The van der Waals surface area contributed by atoms with Crippen LogP contribution in [-0.4, -0.2) is 27.5 Å². The van der Waals surface area contributed by atoms with E-state index in [9.17, 15) is 19.2 Å². The number of hydrogen-bond donors (Lipinski definition) is 1. The molecule has 3 atom stereocenters. The molecule has 4 aromatic rings. The van der Waals surface area contributed by atoms with E-state index in [1.54, 1.807) is 24.3 Å². The molecule has 3 aromatic carbocycles. The summed E-state index contributed by atoms with van der Waals surface area (Å²) in [6.07, 6.45) is 0. The average molecular weight is 621 g/mol.